The van der Waals surface area contributed by atoms with E-state index in [1.54, 1.807) is 37.1 Å². The van der Waals surface area contributed by atoms with Crippen LogP contribution in [0.4, 0.5) is 4.79 Å². The number of benzene rings is 2. The van der Waals surface area contributed by atoms with Crippen LogP contribution in [0.2, 0.25) is 5.02 Å². The number of amides is 1. The van der Waals surface area contributed by atoms with Crippen LogP contribution in [0.1, 0.15) is 43.4 Å². The number of methoxy groups -OCH3 is 1. The minimum atomic E-state index is -0.745. The Kier molecular flexibility index (Phi) is 5.48. The molecule has 0 radical (unpaired) electrons. The summed E-state index contributed by atoms with van der Waals surface area (Å²) in [5.74, 6) is 1.51. The van der Waals surface area contributed by atoms with Gasteiger partial charge in [-0.3, -0.25) is 0 Å². The van der Waals surface area contributed by atoms with Crippen molar-refractivity contribution in [3.63, 3.8) is 0 Å². The summed E-state index contributed by atoms with van der Waals surface area (Å²) >= 11 is 6.21. The maximum atomic E-state index is 12.3. The number of likely N-dealkylation sites (tertiary alicyclic amines) is 1. The Hall–Kier alpha value is -3.13. The van der Waals surface area contributed by atoms with Gasteiger partial charge in [-0.2, -0.15) is 5.10 Å². The number of para-hydroxylation sites is 1. The molecule has 174 valence electrons. The number of halogens is 1. The number of ether oxygens (including phenoxy) is 3. The fourth-order valence-corrected chi connectivity index (χ4v) is 5.09. The molecule has 2 aromatic carbocycles. The van der Waals surface area contributed by atoms with E-state index in [1.165, 1.54) is 0 Å². The first kappa shape index (κ1) is 21.7. The van der Waals surface area contributed by atoms with Gasteiger partial charge < -0.3 is 24.2 Å². The van der Waals surface area contributed by atoms with Crippen LogP contribution in [-0.2, 0) is 4.74 Å². The molecular weight excluding hydrogens is 446 g/mol. The molecule has 1 fully saturated rings. The quantitative estimate of drug-likeness (QED) is 0.707. The van der Waals surface area contributed by atoms with Crippen LogP contribution in [0.15, 0.2) is 41.5 Å². The van der Waals surface area contributed by atoms with Gasteiger partial charge in [-0.05, 0) is 31.2 Å². The molecule has 1 atom stereocenters. The number of hydrogen-bond acceptors (Lipinski definition) is 7. The fourth-order valence-electron chi connectivity index (χ4n) is 4.92. The second-order valence-corrected chi connectivity index (χ2v) is 8.82. The number of carbonyl (C=O) groups excluding carboxylic acids is 1. The van der Waals surface area contributed by atoms with Gasteiger partial charge in [-0.1, -0.05) is 23.7 Å². The highest BCUT2D eigenvalue weighted by atomic mass is 35.5. The second kappa shape index (κ2) is 8.33. The minimum Gasteiger partial charge on any atom is -0.507 e. The molecule has 33 heavy (non-hydrogen) atoms. The van der Waals surface area contributed by atoms with Crippen LogP contribution in [0.25, 0.3) is 0 Å². The summed E-state index contributed by atoms with van der Waals surface area (Å²) in [4.78, 5) is 14.0. The summed E-state index contributed by atoms with van der Waals surface area (Å²) in [7, 11) is 1.63. The summed E-state index contributed by atoms with van der Waals surface area (Å²) in [6.45, 7) is 3.11. The van der Waals surface area contributed by atoms with Gasteiger partial charge in [0.15, 0.2) is 11.5 Å². The Labute approximate surface area is 197 Å². The summed E-state index contributed by atoms with van der Waals surface area (Å²) in [5.41, 5.74) is 1.59. The van der Waals surface area contributed by atoms with E-state index in [2.05, 4.69) is 0 Å². The number of phenols is 1. The predicted octanol–water partition coefficient (Wildman–Crippen LogP) is 4.55. The summed E-state index contributed by atoms with van der Waals surface area (Å²) in [6.07, 6.45) is 1.38. The first-order valence-corrected chi connectivity index (χ1v) is 11.5. The van der Waals surface area contributed by atoms with Crippen LogP contribution in [-0.4, -0.2) is 59.4 Å². The van der Waals surface area contributed by atoms with Crippen LogP contribution in [0, 0.1) is 0 Å². The van der Waals surface area contributed by atoms with Crippen molar-refractivity contribution in [1.82, 2.24) is 9.91 Å². The van der Waals surface area contributed by atoms with Crippen molar-refractivity contribution >= 4 is 23.4 Å². The van der Waals surface area contributed by atoms with E-state index in [9.17, 15) is 9.90 Å². The van der Waals surface area contributed by atoms with Gasteiger partial charge in [0.1, 0.15) is 5.75 Å². The van der Waals surface area contributed by atoms with Crippen LogP contribution < -0.4 is 9.47 Å². The van der Waals surface area contributed by atoms with Crippen molar-refractivity contribution < 1.29 is 24.1 Å². The van der Waals surface area contributed by atoms with Crippen molar-refractivity contribution in [3.05, 3.63) is 52.5 Å². The molecule has 0 aliphatic carbocycles. The normalized spacial score (nSPS) is 20.6. The van der Waals surface area contributed by atoms with E-state index in [-0.39, 0.29) is 17.9 Å². The van der Waals surface area contributed by atoms with E-state index >= 15 is 0 Å². The van der Waals surface area contributed by atoms with E-state index < -0.39 is 5.72 Å². The molecule has 5 rings (SSSR count). The van der Waals surface area contributed by atoms with Gasteiger partial charge in [0.2, 0.25) is 5.72 Å². The van der Waals surface area contributed by atoms with Crippen molar-refractivity contribution in [2.75, 3.05) is 26.8 Å². The number of carbonyl (C=O) groups is 1. The molecule has 0 bridgehead atoms. The number of nitrogens with zero attached hydrogens (tertiary/aromatic N) is 3. The molecule has 1 amide bonds. The van der Waals surface area contributed by atoms with Gasteiger partial charge >= 0.3 is 6.09 Å². The van der Waals surface area contributed by atoms with Crippen molar-refractivity contribution in [2.45, 2.75) is 38.0 Å². The third-order valence-electron chi connectivity index (χ3n) is 6.55. The Morgan fingerprint density at radius 3 is 2.82 bits per heavy atom. The molecule has 3 aliphatic heterocycles. The summed E-state index contributed by atoms with van der Waals surface area (Å²) in [5, 5.41) is 18.0. The largest absolute Gasteiger partial charge is 0.507 e. The molecule has 1 N–H and O–H groups in total. The third kappa shape index (κ3) is 3.62. The van der Waals surface area contributed by atoms with Crippen LogP contribution in [0.5, 0.6) is 17.2 Å². The van der Waals surface area contributed by atoms with Crippen molar-refractivity contribution in [2.24, 2.45) is 5.10 Å². The highest BCUT2D eigenvalue weighted by molar-refractivity contribution is 6.31. The Bertz CT molecular complexity index is 1110. The van der Waals surface area contributed by atoms with Gasteiger partial charge in [0, 0.05) is 48.5 Å². The number of phenolic OH excluding ortho intramolecular Hbond substituents is 1. The number of hydrazone groups is 1. The molecule has 0 aromatic heterocycles. The van der Waals surface area contributed by atoms with Gasteiger partial charge in [0.05, 0.1) is 25.5 Å². The zero-order valence-electron chi connectivity index (χ0n) is 18.6. The maximum absolute atomic E-state index is 12.3. The van der Waals surface area contributed by atoms with E-state index in [4.69, 9.17) is 30.9 Å². The Morgan fingerprint density at radius 1 is 1.30 bits per heavy atom. The smallest absolute Gasteiger partial charge is 0.409 e. The highest BCUT2D eigenvalue weighted by Crippen LogP contribution is 2.53. The molecule has 0 unspecified atom stereocenters. The maximum Gasteiger partial charge on any atom is 0.409 e. The summed E-state index contributed by atoms with van der Waals surface area (Å²) < 4.78 is 17.4. The topological polar surface area (TPSA) is 83.8 Å². The van der Waals surface area contributed by atoms with Gasteiger partial charge in [-0.25, -0.2) is 9.80 Å². The fraction of sp³-hybridized carbons (Fsp3) is 0.417. The van der Waals surface area contributed by atoms with Gasteiger partial charge in [0.25, 0.3) is 0 Å². The average Bonchev–Trinajstić information content (AvgIpc) is 3.28. The molecule has 9 heteroatoms. The molecular formula is C24H26ClN3O5. The second-order valence-electron chi connectivity index (χ2n) is 8.39. The Morgan fingerprint density at radius 2 is 2.09 bits per heavy atom. The standard InChI is InChI=1S/C24H26ClN3O5/c1-3-32-23(30)27-11-9-24(10-12-27)28-19(16-5-4-6-21(31-2)22(16)33-24)14-18(26-28)17-13-15(25)7-8-20(17)29/h4-8,13,19,29H,3,9-12,14H2,1-2H3/t19-/m1/s1. The monoisotopic (exact) mass is 471 g/mol. The Balaban J connectivity index is 1.54. The number of piperidine rings is 1. The SMILES string of the molecule is CCOC(=O)N1CCC2(CC1)Oc1c(OC)cccc1[C@H]1CC(c3cc(Cl)ccc3O)=NN12. The lowest BCUT2D eigenvalue weighted by Crippen LogP contribution is -2.59. The zero-order chi connectivity index (χ0) is 23.2. The van der Waals surface area contributed by atoms with Crippen LogP contribution in [0.3, 0.4) is 0 Å². The molecule has 8 nitrogen and oxygen atoms in total. The van der Waals surface area contributed by atoms with Crippen molar-refractivity contribution in [1.29, 1.82) is 0 Å². The molecule has 2 aromatic rings. The molecule has 1 spiro atoms. The zero-order valence-corrected chi connectivity index (χ0v) is 19.3. The summed E-state index contributed by atoms with van der Waals surface area (Å²) in [6, 6.07) is 10.7. The van der Waals surface area contributed by atoms with Crippen molar-refractivity contribution in [3.8, 4) is 17.2 Å². The number of rotatable bonds is 3. The minimum absolute atomic E-state index is 0.0913. The lowest BCUT2D eigenvalue weighted by atomic mass is 9.90. The molecule has 3 heterocycles. The third-order valence-corrected chi connectivity index (χ3v) is 6.78. The van der Waals surface area contributed by atoms with E-state index in [0.717, 1.165) is 11.3 Å². The lowest BCUT2D eigenvalue weighted by Gasteiger charge is -2.51. The molecule has 0 saturated carbocycles. The number of fused-ring (bicyclic) bond motifs is 4. The van der Waals surface area contributed by atoms with E-state index in [0.29, 0.717) is 61.0 Å². The van der Waals surface area contributed by atoms with Crippen LogP contribution >= 0.6 is 11.6 Å². The lowest BCUT2D eigenvalue weighted by molar-refractivity contribution is -0.148. The highest BCUT2D eigenvalue weighted by Gasteiger charge is 2.53. The number of aromatic hydroxyl groups is 1. The molecule has 3 aliphatic rings. The van der Waals surface area contributed by atoms with E-state index in [1.807, 2.05) is 23.2 Å². The predicted molar refractivity (Wildman–Crippen MR) is 123 cm³/mol. The van der Waals surface area contributed by atoms with Gasteiger partial charge in [-0.15, -0.1) is 0 Å². The first-order valence-electron chi connectivity index (χ1n) is 11.1. The average molecular weight is 472 g/mol. The number of hydrogen-bond donors (Lipinski definition) is 1. The molecule has 1 saturated heterocycles. The first-order chi connectivity index (χ1) is 16.0.